The van der Waals surface area contributed by atoms with Gasteiger partial charge in [0.2, 0.25) is 5.78 Å². The van der Waals surface area contributed by atoms with Crippen LogP contribution < -0.4 is 15.2 Å². The average molecular weight is 659 g/mol. The van der Waals surface area contributed by atoms with Crippen molar-refractivity contribution in [3.05, 3.63) is 94.0 Å². The van der Waals surface area contributed by atoms with E-state index in [-0.39, 0.29) is 29.0 Å². The highest BCUT2D eigenvalue weighted by Gasteiger charge is 2.30. The number of benzene rings is 3. The van der Waals surface area contributed by atoms with E-state index in [4.69, 9.17) is 15.2 Å². The van der Waals surface area contributed by atoms with Crippen molar-refractivity contribution in [3.8, 4) is 22.9 Å². The van der Waals surface area contributed by atoms with Crippen LogP contribution >= 0.6 is 15.9 Å². The molecule has 1 saturated heterocycles. The zero-order valence-electron chi connectivity index (χ0n) is 24.4. The Hall–Kier alpha value is -4.15. The summed E-state index contributed by atoms with van der Waals surface area (Å²) in [5.74, 6) is 0.944. The average Bonchev–Trinajstić information content (AvgIpc) is 3.58. The van der Waals surface area contributed by atoms with Crippen molar-refractivity contribution in [2.75, 3.05) is 18.8 Å². The predicted molar refractivity (Wildman–Crippen MR) is 171 cm³/mol. The fourth-order valence-corrected chi connectivity index (χ4v) is 6.48. The van der Waals surface area contributed by atoms with Gasteiger partial charge in [-0.2, -0.15) is 5.10 Å². The standard InChI is InChI=1S/C34H33BrFN5O3/c1-20-15-23(9-10-30(20)44-31-8-3-2-7-27(31)36)41-34(37)25(19-38-41)33(42)29-16-21-17-32(26(35)18-28(21)39-29)43-24-11-13-40(14-12-24)22-5-4-6-22/h2-3,7-10,15-19,22,24,39H,4-6,11-14,37H2,1H3. The Morgan fingerprint density at radius 2 is 1.82 bits per heavy atom. The van der Waals surface area contributed by atoms with Crippen molar-refractivity contribution < 1.29 is 18.7 Å². The number of aryl methyl sites for hydroxylation is 1. The fraction of sp³-hybridized carbons (Fsp3) is 0.294. The number of H-pyrrole nitrogens is 1. The Labute approximate surface area is 263 Å². The molecule has 2 aliphatic rings. The van der Waals surface area contributed by atoms with Crippen LogP contribution in [0.15, 0.2) is 71.3 Å². The molecule has 44 heavy (non-hydrogen) atoms. The van der Waals surface area contributed by atoms with Gasteiger partial charge in [0.25, 0.3) is 0 Å². The minimum atomic E-state index is -0.441. The molecule has 7 rings (SSSR count). The number of piperidine rings is 1. The quantitative estimate of drug-likeness (QED) is 0.167. The maximum absolute atomic E-state index is 14.1. The van der Waals surface area contributed by atoms with Gasteiger partial charge in [-0.15, -0.1) is 0 Å². The van der Waals surface area contributed by atoms with Crippen LogP contribution in [0.3, 0.4) is 0 Å². The molecule has 1 aliphatic heterocycles. The van der Waals surface area contributed by atoms with Crippen LogP contribution in [0.25, 0.3) is 16.6 Å². The summed E-state index contributed by atoms with van der Waals surface area (Å²) in [4.78, 5) is 19.4. The molecular weight excluding hydrogens is 625 g/mol. The molecule has 5 aromatic rings. The maximum Gasteiger partial charge on any atom is 0.214 e. The minimum absolute atomic E-state index is 0.142. The third-order valence-corrected chi connectivity index (χ3v) is 9.41. The van der Waals surface area contributed by atoms with Crippen molar-refractivity contribution in [1.82, 2.24) is 19.7 Å². The number of likely N-dealkylation sites (tertiary alicyclic amines) is 1. The van der Waals surface area contributed by atoms with Gasteiger partial charge in [-0.3, -0.25) is 4.79 Å². The van der Waals surface area contributed by atoms with E-state index >= 15 is 0 Å². The lowest BCUT2D eigenvalue weighted by Crippen LogP contribution is -2.46. The lowest BCUT2D eigenvalue weighted by atomic mass is 9.90. The number of nitrogen functional groups attached to an aromatic ring is 1. The molecule has 0 atom stereocenters. The van der Waals surface area contributed by atoms with Gasteiger partial charge in [-0.25, -0.2) is 9.07 Å². The van der Waals surface area contributed by atoms with Gasteiger partial charge in [0.05, 0.1) is 27.6 Å². The monoisotopic (exact) mass is 657 g/mol. The number of hydrogen-bond donors (Lipinski definition) is 2. The molecule has 0 unspecified atom stereocenters. The van der Waals surface area contributed by atoms with Crippen molar-refractivity contribution in [2.45, 2.75) is 51.2 Å². The number of para-hydroxylation sites is 1. The Bertz CT molecular complexity index is 1860. The smallest absolute Gasteiger partial charge is 0.214 e. The van der Waals surface area contributed by atoms with Crippen LogP contribution in [0.5, 0.6) is 17.2 Å². The molecule has 2 fully saturated rings. The minimum Gasteiger partial charge on any atom is -0.489 e. The van der Waals surface area contributed by atoms with E-state index in [0.29, 0.717) is 17.1 Å². The first kappa shape index (κ1) is 28.6. The summed E-state index contributed by atoms with van der Waals surface area (Å²) >= 11 is 3.66. The van der Waals surface area contributed by atoms with Gasteiger partial charge < -0.3 is 25.1 Å². The SMILES string of the molecule is Cc1cc(-n2ncc(C(=O)c3cc4cc(OC5CCN(C6CCC6)CC5)c(Br)cc4[nH]3)c2N)ccc1Oc1ccccc1F. The summed E-state index contributed by atoms with van der Waals surface area (Å²) in [6.07, 6.45) is 7.69. The summed E-state index contributed by atoms with van der Waals surface area (Å²) < 4.78 is 28.6. The number of ether oxygens (including phenoxy) is 2. The lowest BCUT2D eigenvalue weighted by molar-refractivity contribution is 0.0491. The second kappa shape index (κ2) is 11.7. The Balaban J connectivity index is 1.07. The maximum atomic E-state index is 14.1. The number of nitrogens with two attached hydrogens (primary N) is 1. The highest BCUT2D eigenvalue weighted by Crippen LogP contribution is 2.35. The summed E-state index contributed by atoms with van der Waals surface area (Å²) in [6.45, 7) is 4.01. The molecule has 226 valence electrons. The normalized spacial score (nSPS) is 16.2. The Kier molecular flexibility index (Phi) is 7.63. The van der Waals surface area contributed by atoms with E-state index in [9.17, 15) is 9.18 Å². The van der Waals surface area contributed by atoms with Gasteiger partial charge in [0.15, 0.2) is 11.6 Å². The molecule has 3 heterocycles. The third kappa shape index (κ3) is 5.48. The number of rotatable bonds is 8. The Morgan fingerprint density at radius 3 is 2.55 bits per heavy atom. The van der Waals surface area contributed by atoms with Crippen LogP contribution in [-0.2, 0) is 0 Å². The van der Waals surface area contributed by atoms with Crippen molar-refractivity contribution in [2.24, 2.45) is 0 Å². The van der Waals surface area contributed by atoms with Crippen LogP contribution in [0.2, 0.25) is 0 Å². The summed E-state index contributed by atoms with van der Waals surface area (Å²) in [7, 11) is 0. The lowest BCUT2D eigenvalue weighted by Gasteiger charge is -2.41. The molecule has 1 saturated carbocycles. The first-order valence-electron chi connectivity index (χ1n) is 15.0. The molecule has 3 aromatic carbocycles. The largest absolute Gasteiger partial charge is 0.489 e. The second-order valence-corrected chi connectivity index (χ2v) is 12.5. The number of hydrogen-bond acceptors (Lipinski definition) is 6. The highest BCUT2D eigenvalue weighted by molar-refractivity contribution is 9.10. The molecular formula is C34H33BrFN5O3. The number of carbonyl (C=O) groups is 1. The predicted octanol–water partition coefficient (Wildman–Crippen LogP) is 7.56. The summed E-state index contributed by atoms with van der Waals surface area (Å²) in [5.41, 5.74) is 9.38. The summed E-state index contributed by atoms with van der Waals surface area (Å²) in [6, 6.07) is 18.1. The van der Waals surface area contributed by atoms with Gasteiger partial charge in [0, 0.05) is 30.0 Å². The molecule has 3 N–H and O–H groups in total. The van der Waals surface area contributed by atoms with E-state index in [2.05, 4.69) is 30.9 Å². The van der Waals surface area contributed by atoms with Crippen LogP contribution in [0.4, 0.5) is 10.2 Å². The molecule has 0 spiro atoms. The van der Waals surface area contributed by atoms with Gasteiger partial charge >= 0.3 is 0 Å². The van der Waals surface area contributed by atoms with E-state index < -0.39 is 5.82 Å². The van der Waals surface area contributed by atoms with Crippen LogP contribution in [-0.4, -0.2) is 50.7 Å². The zero-order valence-corrected chi connectivity index (χ0v) is 25.9. The van der Waals surface area contributed by atoms with Crippen molar-refractivity contribution in [1.29, 1.82) is 0 Å². The Morgan fingerprint density at radius 1 is 1.02 bits per heavy atom. The number of aromatic amines is 1. The van der Waals surface area contributed by atoms with E-state index in [1.165, 1.54) is 36.2 Å². The van der Waals surface area contributed by atoms with Gasteiger partial charge in [-0.05, 0) is 103 Å². The van der Waals surface area contributed by atoms with Gasteiger partial charge in [-0.1, -0.05) is 18.6 Å². The molecule has 8 nitrogen and oxygen atoms in total. The number of aromatic nitrogens is 3. The molecule has 0 bridgehead atoms. The third-order valence-electron chi connectivity index (χ3n) is 8.79. The second-order valence-electron chi connectivity index (χ2n) is 11.7. The first-order valence-corrected chi connectivity index (χ1v) is 15.8. The molecule has 0 radical (unpaired) electrons. The molecule has 2 aromatic heterocycles. The van der Waals surface area contributed by atoms with Gasteiger partial charge in [0.1, 0.15) is 23.4 Å². The highest BCUT2D eigenvalue weighted by atomic mass is 79.9. The van der Waals surface area contributed by atoms with Crippen LogP contribution in [0.1, 0.15) is 53.7 Å². The number of fused-ring (bicyclic) bond motifs is 1. The number of halogens is 2. The molecule has 1 aliphatic carbocycles. The van der Waals surface area contributed by atoms with Crippen LogP contribution in [0, 0.1) is 12.7 Å². The van der Waals surface area contributed by atoms with Crippen molar-refractivity contribution >= 4 is 38.4 Å². The topological polar surface area (TPSA) is 98.4 Å². The number of nitrogens with one attached hydrogen (secondary N) is 1. The number of nitrogens with zero attached hydrogens (tertiary/aromatic N) is 3. The van der Waals surface area contributed by atoms with Crippen molar-refractivity contribution in [3.63, 3.8) is 0 Å². The number of carbonyl (C=O) groups excluding carboxylic acids is 1. The number of ketones is 1. The van der Waals surface area contributed by atoms with E-state index in [1.807, 2.05) is 31.2 Å². The van der Waals surface area contributed by atoms with E-state index in [1.54, 1.807) is 30.3 Å². The zero-order chi connectivity index (χ0) is 30.4. The van der Waals surface area contributed by atoms with E-state index in [0.717, 1.165) is 58.7 Å². The first-order chi connectivity index (χ1) is 21.3. The fourth-order valence-electron chi connectivity index (χ4n) is 6.05. The number of anilines is 1. The molecule has 0 amide bonds. The summed E-state index contributed by atoms with van der Waals surface area (Å²) in [5, 5.41) is 5.28. The molecule has 10 heteroatoms.